The van der Waals surface area contributed by atoms with E-state index >= 15 is 0 Å². The third-order valence-corrected chi connectivity index (χ3v) is 5.97. The molecule has 9 nitrogen and oxygen atoms in total. The average molecular weight is 465 g/mol. The van der Waals surface area contributed by atoms with Gasteiger partial charge in [0, 0.05) is 12.6 Å². The predicted molar refractivity (Wildman–Crippen MR) is 124 cm³/mol. The molecule has 0 fully saturated rings. The second-order valence-electron chi connectivity index (χ2n) is 7.37. The fourth-order valence-corrected chi connectivity index (χ4v) is 4.01. The Kier molecular flexibility index (Phi) is 7.04. The lowest BCUT2D eigenvalue weighted by atomic mass is 10.1. The second-order valence-corrected chi connectivity index (χ2v) is 8.31. The van der Waals surface area contributed by atoms with Crippen LogP contribution in [0.25, 0.3) is 11.5 Å². The van der Waals surface area contributed by atoms with E-state index in [0.29, 0.717) is 28.5 Å². The lowest BCUT2D eigenvalue weighted by Crippen LogP contribution is -2.29. The van der Waals surface area contributed by atoms with Gasteiger partial charge in [-0.2, -0.15) is 0 Å². The average Bonchev–Trinajstić information content (AvgIpc) is 3.45. The van der Waals surface area contributed by atoms with Gasteiger partial charge in [-0.1, -0.05) is 42.1 Å². The molecule has 33 heavy (non-hydrogen) atoms. The van der Waals surface area contributed by atoms with Crippen molar-refractivity contribution in [3.05, 3.63) is 71.9 Å². The van der Waals surface area contributed by atoms with Crippen LogP contribution in [0.4, 0.5) is 0 Å². The van der Waals surface area contributed by atoms with Crippen molar-refractivity contribution in [2.45, 2.75) is 30.3 Å². The zero-order valence-electron chi connectivity index (χ0n) is 18.6. The molecule has 0 bridgehead atoms. The fraction of sp³-hybridized carbons (Fsp3) is 0.261. The van der Waals surface area contributed by atoms with Crippen LogP contribution in [-0.4, -0.2) is 38.0 Å². The van der Waals surface area contributed by atoms with E-state index in [2.05, 4.69) is 25.7 Å². The van der Waals surface area contributed by atoms with E-state index in [4.69, 9.17) is 9.15 Å². The molecule has 0 radical (unpaired) electrons. The molecule has 170 valence electrons. The van der Waals surface area contributed by atoms with Gasteiger partial charge >= 0.3 is 0 Å². The van der Waals surface area contributed by atoms with Crippen molar-refractivity contribution in [3.63, 3.8) is 0 Å². The summed E-state index contributed by atoms with van der Waals surface area (Å²) < 4.78 is 12.8. The lowest BCUT2D eigenvalue weighted by Gasteiger charge is -2.13. The smallest absolute Gasteiger partial charge is 0.247 e. The highest BCUT2D eigenvalue weighted by molar-refractivity contribution is 7.98. The summed E-state index contributed by atoms with van der Waals surface area (Å²) in [4.78, 5) is 12.5. The SMILES string of the molecule is COc1ccc(CC(=O)NC(C)c2nnc(SCc3nnc(-c4ccccc4)o3)n2C)cc1. The molecule has 2 aromatic heterocycles. The van der Waals surface area contributed by atoms with Crippen molar-refractivity contribution in [2.75, 3.05) is 7.11 Å². The number of nitrogens with zero attached hydrogens (tertiary/aromatic N) is 5. The van der Waals surface area contributed by atoms with Crippen LogP contribution in [0.5, 0.6) is 5.75 Å². The monoisotopic (exact) mass is 464 g/mol. The Labute approximate surface area is 195 Å². The number of hydrogen-bond acceptors (Lipinski definition) is 8. The molecule has 10 heteroatoms. The first-order valence-electron chi connectivity index (χ1n) is 10.4. The number of nitrogens with one attached hydrogen (secondary N) is 1. The third-order valence-electron chi connectivity index (χ3n) is 4.97. The molecule has 0 aliphatic carbocycles. The quantitative estimate of drug-likeness (QED) is 0.375. The first kappa shape index (κ1) is 22.5. The van der Waals surface area contributed by atoms with Crippen molar-refractivity contribution >= 4 is 17.7 Å². The summed E-state index contributed by atoms with van der Waals surface area (Å²) in [6.07, 6.45) is 0.273. The van der Waals surface area contributed by atoms with Crippen LogP contribution in [0, 0.1) is 0 Å². The molecule has 1 N–H and O–H groups in total. The predicted octanol–water partition coefficient (Wildman–Crippen LogP) is 3.59. The molecular formula is C23H24N6O3S. The fourth-order valence-electron chi connectivity index (χ4n) is 3.25. The number of carbonyl (C=O) groups is 1. The molecule has 4 rings (SSSR count). The van der Waals surface area contributed by atoms with E-state index < -0.39 is 0 Å². The molecular weight excluding hydrogens is 440 g/mol. The maximum Gasteiger partial charge on any atom is 0.247 e. The van der Waals surface area contributed by atoms with Crippen molar-refractivity contribution < 1.29 is 13.9 Å². The van der Waals surface area contributed by atoms with Crippen molar-refractivity contribution in [1.29, 1.82) is 0 Å². The number of amides is 1. The minimum Gasteiger partial charge on any atom is -0.497 e. The Balaban J connectivity index is 1.33. The van der Waals surface area contributed by atoms with Gasteiger partial charge in [0.15, 0.2) is 11.0 Å². The Bertz CT molecular complexity index is 1210. The van der Waals surface area contributed by atoms with Crippen LogP contribution in [0.15, 0.2) is 64.2 Å². The maximum atomic E-state index is 12.5. The highest BCUT2D eigenvalue weighted by atomic mass is 32.2. The van der Waals surface area contributed by atoms with Crippen molar-refractivity contribution in [3.8, 4) is 17.2 Å². The van der Waals surface area contributed by atoms with Gasteiger partial charge in [0.25, 0.3) is 0 Å². The van der Waals surface area contributed by atoms with E-state index in [9.17, 15) is 4.79 Å². The molecule has 0 saturated heterocycles. The van der Waals surface area contributed by atoms with Crippen LogP contribution < -0.4 is 10.1 Å². The molecule has 1 atom stereocenters. The largest absolute Gasteiger partial charge is 0.497 e. The van der Waals surface area contributed by atoms with Gasteiger partial charge in [0.1, 0.15) is 5.75 Å². The Morgan fingerprint density at radius 3 is 2.58 bits per heavy atom. The van der Waals surface area contributed by atoms with Crippen molar-refractivity contribution in [1.82, 2.24) is 30.3 Å². The van der Waals surface area contributed by atoms with Crippen LogP contribution in [0.3, 0.4) is 0 Å². The van der Waals surface area contributed by atoms with Crippen LogP contribution >= 0.6 is 11.8 Å². The van der Waals surface area contributed by atoms with E-state index in [1.54, 1.807) is 7.11 Å². The van der Waals surface area contributed by atoms with E-state index in [1.165, 1.54) is 11.8 Å². The highest BCUT2D eigenvalue weighted by Crippen LogP contribution is 2.24. The molecule has 1 amide bonds. The number of rotatable bonds is 9. The van der Waals surface area contributed by atoms with E-state index in [0.717, 1.165) is 16.9 Å². The number of methoxy groups -OCH3 is 1. The summed E-state index contributed by atoms with van der Waals surface area (Å²) in [5.41, 5.74) is 1.78. The Hall–Kier alpha value is -3.66. The topological polar surface area (TPSA) is 108 Å². The van der Waals surface area contributed by atoms with Gasteiger partial charge in [-0.15, -0.1) is 20.4 Å². The summed E-state index contributed by atoms with van der Waals surface area (Å²) >= 11 is 1.44. The zero-order chi connectivity index (χ0) is 23.2. The summed E-state index contributed by atoms with van der Waals surface area (Å²) in [6, 6.07) is 16.8. The lowest BCUT2D eigenvalue weighted by molar-refractivity contribution is -0.121. The van der Waals surface area contributed by atoms with Gasteiger partial charge in [-0.3, -0.25) is 4.79 Å². The Morgan fingerprint density at radius 1 is 1.09 bits per heavy atom. The first-order valence-corrected chi connectivity index (χ1v) is 11.3. The van der Waals surface area contributed by atoms with Gasteiger partial charge < -0.3 is 19.0 Å². The molecule has 0 spiro atoms. The summed E-state index contributed by atoms with van der Waals surface area (Å²) in [5.74, 6) is 2.78. The third kappa shape index (κ3) is 5.58. The summed E-state index contributed by atoms with van der Waals surface area (Å²) in [7, 11) is 3.48. The van der Waals surface area contributed by atoms with Gasteiger partial charge in [0.05, 0.1) is 25.3 Å². The number of hydrogen-bond donors (Lipinski definition) is 1. The number of thioether (sulfide) groups is 1. The van der Waals surface area contributed by atoms with Crippen LogP contribution in [-0.2, 0) is 24.0 Å². The summed E-state index contributed by atoms with van der Waals surface area (Å²) in [6.45, 7) is 1.88. The first-order chi connectivity index (χ1) is 16.0. The maximum absolute atomic E-state index is 12.5. The Morgan fingerprint density at radius 2 is 1.85 bits per heavy atom. The van der Waals surface area contributed by atoms with Crippen molar-refractivity contribution in [2.24, 2.45) is 7.05 Å². The van der Waals surface area contributed by atoms with Crippen LogP contribution in [0.2, 0.25) is 0 Å². The standard InChI is InChI=1S/C23H24N6O3S/c1-15(24-19(30)13-16-9-11-18(31-3)12-10-16)21-26-28-23(29(21)2)33-14-20-25-27-22(32-20)17-7-5-4-6-8-17/h4-12,15H,13-14H2,1-3H3,(H,24,30). The number of benzene rings is 2. The molecule has 4 aromatic rings. The molecule has 2 heterocycles. The molecule has 0 aliphatic rings. The highest BCUT2D eigenvalue weighted by Gasteiger charge is 2.19. The minimum atomic E-state index is -0.296. The number of aromatic nitrogens is 5. The second kappa shape index (κ2) is 10.3. The molecule has 0 saturated carbocycles. The number of ether oxygens (including phenoxy) is 1. The van der Waals surface area contributed by atoms with E-state index in [-0.39, 0.29) is 18.4 Å². The normalized spacial score (nSPS) is 11.8. The van der Waals surface area contributed by atoms with Crippen LogP contribution in [0.1, 0.15) is 30.2 Å². The minimum absolute atomic E-state index is 0.0934. The summed E-state index contributed by atoms with van der Waals surface area (Å²) in [5, 5.41) is 20.4. The zero-order valence-corrected chi connectivity index (χ0v) is 19.4. The molecule has 1 unspecified atom stereocenters. The van der Waals surface area contributed by atoms with E-state index in [1.807, 2.05) is 73.1 Å². The van der Waals surface area contributed by atoms with Gasteiger partial charge in [-0.05, 0) is 36.8 Å². The van der Waals surface area contributed by atoms with Gasteiger partial charge in [-0.25, -0.2) is 0 Å². The number of carbonyl (C=O) groups excluding carboxylic acids is 1. The molecule has 0 aliphatic heterocycles. The van der Waals surface area contributed by atoms with Gasteiger partial charge in [0.2, 0.25) is 17.7 Å². The molecule has 2 aromatic carbocycles.